The molecule has 2 aromatic rings. The van der Waals surface area contributed by atoms with E-state index in [0.29, 0.717) is 5.13 Å². The molecule has 1 aromatic carbocycles. The number of anilines is 1. The van der Waals surface area contributed by atoms with Crippen molar-refractivity contribution in [3.05, 3.63) is 40.1 Å². The van der Waals surface area contributed by atoms with E-state index >= 15 is 0 Å². The van der Waals surface area contributed by atoms with Gasteiger partial charge in [0.1, 0.15) is 0 Å². The fourth-order valence-electron chi connectivity index (χ4n) is 2.22. The third kappa shape index (κ3) is 4.49. The molecular formula is C15H19N5O2S. The number of rotatable bonds is 7. The Kier molecular flexibility index (Phi) is 5.64. The monoisotopic (exact) mass is 333 g/mol. The van der Waals surface area contributed by atoms with Crippen LogP contribution in [-0.2, 0) is 6.42 Å². The maximum atomic E-state index is 11.0. The largest absolute Gasteiger partial charge is 0.370 e. The number of hydrogen-bond acceptors (Lipinski definition) is 5. The van der Waals surface area contributed by atoms with Gasteiger partial charge in [-0.1, -0.05) is 43.2 Å². The number of nitrogens with two attached hydrogens (primary N) is 1. The van der Waals surface area contributed by atoms with E-state index in [2.05, 4.69) is 17.2 Å². The molecule has 4 N–H and O–H groups in total. The van der Waals surface area contributed by atoms with Gasteiger partial charge in [0.25, 0.3) is 5.69 Å². The van der Waals surface area contributed by atoms with Gasteiger partial charge in [-0.2, -0.15) is 0 Å². The van der Waals surface area contributed by atoms with Crippen LogP contribution in [0.15, 0.2) is 24.3 Å². The summed E-state index contributed by atoms with van der Waals surface area (Å²) in [6, 6.07) is 6.52. The molecule has 0 saturated carbocycles. The molecule has 23 heavy (non-hydrogen) atoms. The molecule has 0 unspecified atom stereocenters. The number of nitro groups is 1. The minimum Gasteiger partial charge on any atom is -0.370 e. The Morgan fingerprint density at radius 2 is 2.26 bits per heavy atom. The Labute approximate surface area is 138 Å². The highest BCUT2D eigenvalue weighted by Crippen LogP contribution is 2.35. The number of non-ortho nitro benzene ring substituents is 1. The number of thiazole rings is 1. The van der Waals surface area contributed by atoms with Crippen molar-refractivity contribution in [1.29, 1.82) is 5.41 Å². The molecule has 0 atom stereocenters. The predicted octanol–water partition coefficient (Wildman–Crippen LogP) is 3.76. The third-order valence-corrected chi connectivity index (χ3v) is 4.34. The average molecular weight is 333 g/mol. The zero-order valence-electron chi connectivity index (χ0n) is 12.8. The van der Waals surface area contributed by atoms with Crippen molar-refractivity contribution >= 4 is 28.1 Å². The van der Waals surface area contributed by atoms with E-state index in [1.807, 2.05) is 6.07 Å². The molecular weight excluding hydrogens is 314 g/mol. The zero-order valence-corrected chi connectivity index (χ0v) is 13.7. The summed E-state index contributed by atoms with van der Waals surface area (Å²) >= 11 is 1.35. The molecule has 0 amide bonds. The Hall–Kier alpha value is -2.48. The lowest BCUT2D eigenvalue weighted by atomic mass is 10.1. The van der Waals surface area contributed by atoms with Crippen LogP contribution in [0.5, 0.6) is 0 Å². The highest BCUT2D eigenvalue weighted by Gasteiger charge is 2.16. The van der Waals surface area contributed by atoms with E-state index in [0.717, 1.165) is 41.8 Å². The van der Waals surface area contributed by atoms with Gasteiger partial charge in [0.15, 0.2) is 11.1 Å². The number of nitrogens with one attached hydrogen (secondary N) is 2. The lowest BCUT2D eigenvalue weighted by Crippen LogP contribution is -2.20. The number of guanidine groups is 1. The Morgan fingerprint density at radius 3 is 2.91 bits per heavy atom. The summed E-state index contributed by atoms with van der Waals surface area (Å²) in [5.41, 5.74) is 7.06. The summed E-state index contributed by atoms with van der Waals surface area (Å²) in [7, 11) is 0. The van der Waals surface area contributed by atoms with Crippen molar-refractivity contribution in [2.24, 2.45) is 5.73 Å². The van der Waals surface area contributed by atoms with Gasteiger partial charge >= 0.3 is 0 Å². The maximum absolute atomic E-state index is 11.0. The summed E-state index contributed by atoms with van der Waals surface area (Å²) in [4.78, 5) is 15.9. The summed E-state index contributed by atoms with van der Waals surface area (Å²) < 4.78 is 0. The summed E-state index contributed by atoms with van der Waals surface area (Å²) in [6.07, 6.45) is 4.00. The number of unbranched alkanes of at least 4 members (excludes halogenated alkanes) is 2. The normalized spacial score (nSPS) is 10.5. The van der Waals surface area contributed by atoms with Crippen LogP contribution in [-0.4, -0.2) is 15.9 Å². The molecule has 0 aliphatic heterocycles. The highest BCUT2D eigenvalue weighted by molar-refractivity contribution is 7.19. The molecule has 0 aliphatic carbocycles. The molecule has 0 fully saturated rings. The Bertz CT molecular complexity index is 714. The van der Waals surface area contributed by atoms with Crippen LogP contribution in [0.4, 0.5) is 10.8 Å². The molecule has 0 aliphatic rings. The topological polar surface area (TPSA) is 118 Å². The average Bonchev–Trinajstić information content (AvgIpc) is 2.89. The molecule has 7 nitrogen and oxygen atoms in total. The van der Waals surface area contributed by atoms with E-state index in [1.165, 1.54) is 17.4 Å². The molecule has 1 aromatic heterocycles. The van der Waals surface area contributed by atoms with Gasteiger partial charge in [0.2, 0.25) is 0 Å². The van der Waals surface area contributed by atoms with Gasteiger partial charge in [0.05, 0.1) is 15.5 Å². The number of aromatic nitrogens is 1. The third-order valence-electron chi connectivity index (χ3n) is 3.28. The van der Waals surface area contributed by atoms with Gasteiger partial charge in [0, 0.05) is 17.7 Å². The first-order valence-corrected chi connectivity index (χ1v) is 8.18. The molecule has 0 bridgehead atoms. The quantitative estimate of drug-likeness (QED) is 0.234. The first-order valence-electron chi connectivity index (χ1n) is 7.36. The number of aryl methyl sites for hydroxylation is 1. The first kappa shape index (κ1) is 16.9. The Balaban J connectivity index is 2.37. The van der Waals surface area contributed by atoms with Crippen molar-refractivity contribution < 1.29 is 4.92 Å². The second kappa shape index (κ2) is 7.68. The zero-order chi connectivity index (χ0) is 16.8. The van der Waals surface area contributed by atoms with Gasteiger partial charge < -0.3 is 11.1 Å². The Morgan fingerprint density at radius 1 is 1.48 bits per heavy atom. The summed E-state index contributed by atoms with van der Waals surface area (Å²) in [6.45, 7) is 2.13. The van der Waals surface area contributed by atoms with Gasteiger partial charge in [-0.25, -0.2) is 4.98 Å². The molecule has 0 spiro atoms. The van der Waals surface area contributed by atoms with E-state index in [4.69, 9.17) is 11.1 Å². The van der Waals surface area contributed by atoms with E-state index in [9.17, 15) is 10.1 Å². The molecule has 122 valence electrons. The number of hydrogen-bond donors (Lipinski definition) is 3. The van der Waals surface area contributed by atoms with Crippen molar-refractivity contribution in [3.8, 4) is 10.4 Å². The molecule has 0 saturated heterocycles. The lowest BCUT2D eigenvalue weighted by molar-refractivity contribution is -0.384. The van der Waals surface area contributed by atoms with Crippen LogP contribution in [0.3, 0.4) is 0 Å². The molecule has 0 radical (unpaired) electrons. The highest BCUT2D eigenvalue weighted by atomic mass is 32.1. The molecule has 8 heteroatoms. The van der Waals surface area contributed by atoms with E-state index in [1.54, 1.807) is 12.1 Å². The SMILES string of the molecule is CCCCCc1nc(NC(=N)N)sc1-c1cccc([N+](=O)[O-])c1. The van der Waals surface area contributed by atoms with Crippen LogP contribution >= 0.6 is 11.3 Å². The summed E-state index contributed by atoms with van der Waals surface area (Å²) in [5, 5.41) is 21.5. The molecule has 1 heterocycles. The molecule has 2 rings (SSSR count). The van der Waals surface area contributed by atoms with Gasteiger partial charge in [-0.05, 0) is 12.8 Å². The van der Waals surface area contributed by atoms with Gasteiger partial charge in [-0.3, -0.25) is 15.5 Å². The van der Waals surface area contributed by atoms with Crippen LogP contribution < -0.4 is 11.1 Å². The van der Waals surface area contributed by atoms with Crippen molar-refractivity contribution in [3.63, 3.8) is 0 Å². The fraction of sp³-hybridized carbons (Fsp3) is 0.333. The second-order valence-electron chi connectivity index (χ2n) is 5.10. The number of nitro benzene ring substituents is 1. The minimum atomic E-state index is -0.407. The van der Waals surface area contributed by atoms with Crippen LogP contribution in [0, 0.1) is 15.5 Å². The van der Waals surface area contributed by atoms with Crippen molar-refractivity contribution in [1.82, 2.24) is 4.98 Å². The van der Waals surface area contributed by atoms with Gasteiger partial charge in [-0.15, -0.1) is 0 Å². The van der Waals surface area contributed by atoms with Crippen LogP contribution in [0.25, 0.3) is 10.4 Å². The van der Waals surface area contributed by atoms with Crippen LogP contribution in [0.2, 0.25) is 0 Å². The summed E-state index contributed by atoms with van der Waals surface area (Å²) in [5.74, 6) is -0.176. The smallest absolute Gasteiger partial charge is 0.270 e. The minimum absolute atomic E-state index is 0.0523. The first-order chi connectivity index (χ1) is 11.0. The second-order valence-corrected chi connectivity index (χ2v) is 6.10. The van der Waals surface area contributed by atoms with Crippen molar-refractivity contribution in [2.45, 2.75) is 32.6 Å². The number of benzene rings is 1. The lowest BCUT2D eigenvalue weighted by Gasteiger charge is -2.02. The van der Waals surface area contributed by atoms with Crippen LogP contribution in [0.1, 0.15) is 31.9 Å². The van der Waals surface area contributed by atoms with E-state index < -0.39 is 4.92 Å². The number of nitrogens with zero attached hydrogens (tertiary/aromatic N) is 2. The van der Waals surface area contributed by atoms with E-state index in [-0.39, 0.29) is 11.6 Å². The van der Waals surface area contributed by atoms with Crippen molar-refractivity contribution in [2.75, 3.05) is 5.32 Å². The maximum Gasteiger partial charge on any atom is 0.270 e. The predicted molar refractivity (Wildman–Crippen MR) is 93.0 cm³/mol. The standard InChI is InChI=1S/C15H19N5O2S/c1-2-3-4-8-12-13(23-15(18-12)19-14(16)17)10-6-5-7-11(9-10)20(21)22/h5-7,9H,2-4,8H2,1H3,(H4,16,17,18,19). The fourth-order valence-corrected chi connectivity index (χ4v) is 3.24.